The summed E-state index contributed by atoms with van der Waals surface area (Å²) in [5.41, 5.74) is 4.69. The van der Waals surface area contributed by atoms with Gasteiger partial charge in [-0.3, -0.25) is 9.69 Å². The third-order valence-electron chi connectivity index (χ3n) is 13.3. The van der Waals surface area contributed by atoms with Crippen LogP contribution < -0.4 is 30.5 Å². The molecular formula is C55H66N14O5. The summed E-state index contributed by atoms with van der Waals surface area (Å²) in [5, 5.41) is 8.68. The van der Waals surface area contributed by atoms with Gasteiger partial charge < -0.3 is 34.8 Å². The molecule has 0 aliphatic carbocycles. The Hall–Kier alpha value is -7.45. The first-order valence-corrected chi connectivity index (χ1v) is 25.9. The number of anilines is 6. The van der Waals surface area contributed by atoms with Crippen LogP contribution in [0.15, 0.2) is 97.1 Å². The van der Waals surface area contributed by atoms with Gasteiger partial charge in [-0.2, -0.15) is 30.0 Å². The minimum Gasteiger partial charge on any atom is -0.378 e. The van der Waals surface area contributed by atoms with Gasteiger partial charge in [-0.25, -0.2) is 19.6 Å². The normalized spacial score (nSPS) is 15.4. The number of aromatic nitrogens is 6. The molecule has 4 amide bonds. The van der Waals surface area contributed by atoms with Gasteiger partial charge in [0, 0.05) is 99.8 Å². The SMILES string of the molecule is CCCCc1nc(-c2ccc(N(C(=O)Nc3ccc(C=O)cc3)N(C(=O)Nc3ccc(CN4CCN(C)CC4)cc3)c3ccc(-c4nc(CCCC)nc(N5CCOCC5)n4)cc3)cc2)nc(N2CCOCC2)n1. The fraction of sp³-hybridized carbons (Fsp3) is 0.400. The quantitative estimate of drug-likeness (QED) is 0.0660. The highest BCUT2D eigenvalue weighted by atomic mass is 16.5. The van der Waals surface area contributed by atoms with Gasteiger partial charge in [0.2, 0.25) is 11.9 Å². The highest BCUT2D eigenvalue weighted by Crippen LogP contribution is 2.31. The molecule has 386 valence electrons. The van der Waals surface area contributed by atoms with Gasteiger partial charge >= 0.3 is 12.1 Å². The summed E-state index contributed by atoms with van der Waals surface area (Å²) in [6, 6.07) is 27.6. The van der Waals surface area contributed by atoms with E-state index in [4.69, 9.17) is 39.4 Å². The molecule has 0 bridgehead atoms. The Morgan fingerprint density at radius 2 is 0.986 bits per heavy atom. The molecule has 0 saturated carbocycles. The number of hydrogen-bond acceptors (Lipinski definition) is 15. The van der Waals surface area contributed by atoms with Gasteiger partial charge in [-0.1, -0.05) is 38.8 Å². The molecule has 2 aromatic heterocycles. The fourth-order valence-corrected chi connectivity index (χ4v) is 8.88. The number of hydrazine groups is 1. The topological polar surface area (TPSA) is 191 Å². The van der Waals surface area contributed by atoms with Crippen molar-refractivity contribution in [2.24, 2.45) is 0 Å². The molecule has 6 aromatic rings. The lowest BCUT2D eigenvalue weighted by Crippen LogP contribution is -2.53. The lowest BCUT2D eigenvalue weighted by molar-refractivity contribution is 0.112. The number of hydrogen-bond donors (Lipinski definition) is 2. The standard InChI is InChI=1S/C55H66N14O5/c1-4-6-8-48-58-50(62-52(60-48)66-30-34-73-35-31-66)42-14-22-46(23-15-42)68(54(71)56-44-18-10-40(11-19-44)38-65-28-26-64(3)27-29-65)69(55(72)57-45-20-12-41(39-70)13-21-45)47-24-16-43(17-25-47)51-59-49(9-7-5-2)61-53(63-51)67-32-36-74-37-33-67/h10-25,39H,4-9,26-38H2,1-3H3,(H,56,71)(H,57,72). The van der Waals surface area contributed by atoms with Gasteiger partial charge in [0.25, 0.3) is 0 Å². The number of ether oxygens (including phenoxy) is 2. The van der Waals surface area contributed by atoms with E-state index in [0.717, 1.165) is 70.3 Å². The summed E-state index contributed by atoms with van der Waals surface area (Å²) in [6.45, 7) is 14.1. The number of carbonyl (C=O) groups is 3. The Bertz CT molecular complexity index is 2800. The van der Waals surface area contributed by atoms with Crippen LogP contribution in [0.1, 0.15) is 67.1 Å². The molecule has 3 fully saturated rings. The van der Waals surface area contributed by atoms with Crippen LogP contribution in [0.5, 0.6) is 0 Å². The molecule has 3 aliphatic heterocycles. The van der Waals surface area contributed by atoms with Gasteiger partial charge in [0.1, 0.15) is 17.9 Å². The highest BCUT2D eigenvalue weighted by molar-refractivity contribution is 6.13. The highest BCUT2D eigenvalue weighted by Gasteiger charge is 2.31. The first-order chi connectivity index (χ1) is 36.2. The van der Waals surface area contributed by atoms with E-state index >= 15 is 9.59 Å². The molecule has 19 nitrogen and oxygen atoms in total. The molecule has 0 atom stereocenters. The molecule has 74 heavy (non-hydrogen) atoms. The van der Waals surface area contributed by atoms with E-state index in [9.17, 15) is 4.79 Å². The number of piperazine rings is 1. The lowest BCUT2D eigenvalue weighted by atomic mass is 10.1. The van der Waals surface area contributed by atoms with E-state index in [0.29, 0.717) is 140 Å². The number of aldehydes is 1. The summed E-state index contributed by atoms with van der Waals surface area (Å²) in [6.07, 6.45) is 5.98. The second-order valence-corrected chi connectivity index (χ2v) is 18.8. The number of aryl methyl sites for hydroxylation is 2. The summed E-state index contributed by atoms with van der Waals surface area (Å²) in [4.78, 5) is 80.2. The maximum Gasteiger partial charge on any atom is 0.345 e. The third-order valence-corrected chi connectivity index (χ3v) is 13.3. The van der Waals surface area contributed by atoms with Crippen molar-refractivity contribution in [1.29, 1.82) is 0 Å². The number of benzene rings is 4. The van der Waals surface area contributed by atoms with Crippen LogP contribution in [0.4, 0.5) is 44.2 Å². The first kappa shape index (κ1) is 51.5. The predicted molar refractivity (Wildman–Crippen MR) is 288 cm³/mol. The molecule has 9 rings (SSSR count). The average Bonchev–Trinajstić information content (AvgIpc) is 3.45. The second-order valence-electron chi connectivity index (χ2n) is 18.8. The summed E-state index contributed by atoms with van der Waals surface area (Å²) >= 11 is 0. The number of nitrogens with one attached hydrogen (secondary N) is 2. The van der Waals surface area contributed by atoms with E-state index in [1.165, 1.54) is 10.0 Å². The van der Waals surface area contributed by atoms with Crippen LogP contribution in [0.25, 0.3) is 22.8 Å². The number of morpholine rings is 2. The van der Waals surface area contributed by atoms with Gasteiger partial charge in [-0.15, -0.1) is 0 Å². The van der Waals surface area contributed by atoms with Gasteiger partial charge in [0.15, 0.2) is 11.6 Å². The van der Waals surface area contributed by atoms with E-state index in [1.54, 1.807) is 48.5 Å². The van der Waals surface area contributed by atoms with Crippen molar-refractivity contribution in [2.45, 2.75) is 58.9 Å². The van der Waals surface area contributed by atoms with E-state index < -0.39 is 12.1 Å². The Kier molecular flexibility index (Phi) is 17.4. The first-order valence-electron chi connectivity index (χ1n) is 25.9. The minimum absolute atomic E-state index is 0.361. The zero-order chi connectivity index (χ0) is 51.2. The number of urea groups is 2. The fourth-order valence-electron chi connectivity index (χ4n) is 8.88. The summed E-state index contributed by atoms with van der Waals surface area (Å²) in [7, 11) is 2.14. The predicted octanol–water partition coefficient (Wildman–Crippen LogP) is 8.00. The lowest BCUT2D eigenvalue weighted by Gasteiger charge is -2.35. The van der Waals surface area contributed by atoms with E-state index in [1.807, 2.05) is 48.5 Å². The minimum atomic E-state index is -0.650. The van der Waals surface area contributed by atoms with E-state index in [-0.39, 0.29) is 0 Å². The van der Waals surface area contributed by atoms with Crippen molar-refractivity contribution in [1.82, 2.24) is 39.7 Å². The van der Waals surface area contributed by atoms with Crippen molar-refractivity contribution in [3.8, 4) is 22.8 Å². The Balaban J connectivity index is 1.10. The van der Waals surface area contributed by atoms with E-state index in [2.05, 4.69) is 51.1 Å². The molecule has 3 aliphatic rings. The Morgan fingerprint density at radius 3 is 1.41 bits per heavy atom. The van der Waals surface area contributed by atoms with Crippen molar-refractivity contribution in [2.75, 3.05) is 116 Å². The number of amides is 4. The zero-order valence-electron chi connectivity index (χ0n) is 42.7. The summed E-state index contributed by atoms with van der Waals surface area (Å²) < 4.78 is 11.2. The zero-order valence-corrected chi connectivity index (χ0v) is 42.7. The number of nitrogens with zero attached hydrogens (tertiary/aromatic N) is 12. The number of unbranched alkanes of at least 4 members (excludes halogenated alkanes) is 2. The van der Waals surface area contributed by atoms with Crippen LogP contribution in [0, 0.1) is 0 Å². The van der Waals surface area contributed by atoms with Crippen LogP contribution in [0.3, 0.4) is 0 Å². The monoisotopic (exact) mass is 1000 g/mol. The molecule has 2 N–H and O–H groups in total. The molecule has 0 spiro atoms. The van der Waals surface area contributed by atoms with Crippen LogP contribution in [-0.2, 0) is 28.9 Å². The summed E-state index contributed by atoms with van der Waals surface area (Å²) in [5.74, 6) is 3.61. The Morgan fingerprint density at radius 1 is 0.554 bits per heavy atom. The smallest absolute Gasteiger partial charge is 0.345 e. The van der Waals surface area contributed by atoms with Crippen molar-refractivity contribution in [3.05, 3.63) is 120 Å². The van der Waals surface area contributed by atoms with Crippen molar-refractivity contribution >= 4 is 53.0 Å². The molecular weight excluding hydrogens is 937 g/mol. The number of carbonyl (C=O) groups excluding carboxylic acids is 3. The Labute approximate surface area is 432 Å². The van der Waals surface area contributed by atoms with Crippen LogP contribution in [-0.4, -0.2) is 144 Å². The molecule has 19 heteroatoms. The number of rotatable bonds is 17. The molecule has 5 heterocycles. The third kappa shape index (κ3) is 13.2. The largest absolute Gasteiger partial charge is 0.378 e. The molecule has 4 aromatic carbocycles. The second kappa shape index (κ2) is 25.0. The molecule has 3 saturated heterocycles. The maximum atomic E-state index is 15.2. The van der Waals surface area contributed by atoms with Crippen molar-refractivity contribution < 1.29 is 23.9 Å². The molecule has 0 unspecified atom stereocenters. The van der Waals surface area contributed by atoms with Crippen molar-refractivity contribution in [3.63, 3.8) is 0 Å². The number of likely N-dealkylation sites (N-methyl/N-ethyl adjacent to an activating group) is 1. The van der Waals surface area contributed by atoms with Crippen LogP contribution >= 0.6 is 0 Å². The molecule has 0 radical (unpaired) electrons. The van der Waals surface area contributed by atoms with Crippen LogP contribution in [0.2, 0.25) is 0 Å². The average molecular weight is 1000 g/mol. The maximum absolute atomic E-state index is 15.2. The van der Waals surface area contributed by atoms with Gasteiger partial charge in [0.05, 0.1) is 37.8 Å². The van der Waals surface area contributed by atoms with Gasteiger partial charge in [-0.05, 0) is 110 Å².